The Morgan fingerprint density at radius 3 is 2.86 bits per heavy atom. The number of aromatic nitrogens is 2. The highest BCUT2D eigenvalue weighted by Crippen LogP contribution is 2.21. The van der Waals surface area contributed by atoms with Crippen LogP contribution < -0.4 is 16.0 Å². The predicted octanol–water partition coefficient (Wildman–Crippen LogP) is 3.38. The maximum atomic E-state index is 5.90. The van der Waals surface area contributed by atoms with Crippen molar-refractivity contribution in [2.45, 2.75) is 6.92 Å². The first-order valence-electron chi connectivity index (χ1n) is 6.54. The number of nitrogens with zero attached hydrogens (tertiary/aromatic N) is 3. The second-order valence-electron chi connectivity index (χ2n) is 4.62. The minimum Gasteiger partial charge on any atom is -0.397 e. The zero-order chi connectivity index (χ0) is 15.2. The lowest BCUT2D eigenvalue weighted by atomic mass is 10.3. The van der Waals surface area contributed by atoms with Crippen LogP contribution in [0.25, 0.3) is 0 Å². The van der Waals surface area contributed by atoms with E-state index in [1.54, 1.807) is 6.20 Å². The second-order valence-corrected chi connectivity index (χ2v) is 5.22. The van der Waals surface area contributed by atoms with Crippen molar-refractivity contribution in [1.82, 2.24) is 9.97 Å². The summed E-state index contributed by atoms with van der Waals surface area (Å²) >= 11 is 5.84. The summed E-state index contributed by atoms with van der Waals surface area (Å²) in [6, 6.07) is 9.34. The lowest BCUT2D eigenvalue weighted by Gasteiger charge is -2.17. The number of hydrogen-bond donors (Lipinski definition) is 2. The first-order valence-corrected chi connectivity index (χ1v) is 6.92. The van der Waals surface area contributed by atoms with E-state index in [1.807, 2.05) is 55.3 Å². The van der Waals surface area contributed by atoms with Gasteiger partial charge in [0.1, 0.15) is 5.82 Å². The fourth-order valence-electron chi connectivity index (χ4n) is 1.71. The number of nitrogens with one attached hydrogen (secondary N) is 1. The average molecular weight is 304 g/mol. The van der Waals surface area contributed by atoms with Crippen molar-refractivity contribution < 1.29 is 0 Å². The Labute approximate surface area is 129 Å². The summed E-state index contributed by atoms with van der Waals surface area (Å²) in [5.74, 6) is 1.31. The molecule has 0 saturated carbocycles. The number of anilines is 4. The van der Waals surface area contributed by atoms with Gasteiger partial charge in [-0.2, -0.15) is 4.98 Å². The molecule has 1 aromatic carbocycles. The van der Waals surface area contributed by atoms with Crippen LogP contribution in [0.15, 0.2) is 47.6 Å². The van der Waals surface area contributed by atoms with Gasteiger partial charge in [0.05, 0.1) is 11.4 Å². The fourth-order valence-corrected chi connectivity index (χ4v) is 1.78. The smallest absolute Gasteiger partial charge is 0.229 e. The molecule has 0 radical (unpaired) electrons. The summed E-state index contributed by atoms with van der Waals surface area (Å²) < 4.78 is 0. The third kappa shape index (κ3) is 4.36. The first kappa shape index (κ1) is 15.1. The SMILES string of the molecule is C/C(Cl)=C\CN(C)c1ccnc(Nc2ccccc2N)n1. The molecule has 0 aliphatic heterocycles. The van der Waals surface area contributed by atoms with E-state index >= 15 is 0 Å². The topological polar surface area (TPSA) is 67.1 Å². The van der Waals surface area contributed by atoms with E-state index in [-0.39, 0.29) is 0 Å². The molecule has 0 fully saturated rings. The van der Waals surface area contributed by atoms with Crippen molar-refractivity contribution in [1.29, 1.82) is 0 Å². The lowest BCUT2D eigenvalue weighted by molar-refractivity contribution is 0.975. The maximum absolute atomic E-state index is 5.90. The van der Waals surface area contributed by atoms with Crippen LogP contribution in [0, 0.1) is 0 Å². The minimum absolute atomic E-state index is 0.504. The van der Waals surface area contributed by atoms with Gasteiger partial charge in [0.15, 0.2) is 0 Å². The van der Waals surface area contributed by atoms with E-state index in [9.17, 15) is 0 Å². The zero-order valence-corrected chi connectivity index (χ0v) is 12.8. The third-order valence-electron chi connectivity index (χ3n) is 2.89. The molecule has 3 N–H and O–H groups in total. The van der Waals surface area contributed by atoms with Crippen LogP contribution in [-0.4, -0.2) is 23.6 Å². The quantitative estimate of drug-likeness (QED) is 0.829. The maximum Gasteiger partial charge on any atom is 0.229 e. The Morgan fingerprint density at radius 1 is 1.38 bits per heavy atom. The summed E-state index contributed by atoms with van der Waals surface area (Å²) in [5, 5.41) is 3.87. The Bertz CT molecular complexity index is 637. The van der Waals surface area contributed by atoms with Crippen molar-refractivity contribution in [3.05, 3.63) is 47.6 Å². The van der Waals surface area contributed by atoms with Crippen LogP contribution in [0.5, 0.6) is 0 Å². The number of hydrogen-bond acceptors (Lipinski definition) is 5. The van der Waals surface area contributed by atoms with Crippen LogP contribution in [0.3, 0.4) is 0 Å². The molecule has 0 spiro atoms. The molecule has 110 valence electrons. The van der Waals surface area contributed by atoms with E-state index in [0.717, 1.165) is 16.5 Å². The van der Waals surface area contributed by atoms with Crippen molar-refractivity contribution in [2.24, 2.45) is 0 Å². The molecule has 0 unspecified atom stereocenters. The number of likely N-dealkylation sites (N-methyl/N-ethyl adjacent to an activating group) is 1. The standard InChI is InChI=1S/C15H18ClN5/c1-11(16)8-10-21(2)14-7-9-18-15(20-14)19-13-6-4-3-5-12(13)17/h3-9H,10,17H2,1-2H3,(H,18,19,20)/b11-8+. The monoisotopic (exact) mass is 303 g/mol. The van der Waals surface area contributed by atoms with Gasteiger partial charge in [-0.15, -0.1) is 0 Å². The number of rotatable bonds is 5. The molecule has 2 rings (SSSR count). The number of nitrogens with two attached hydrogens (primary N) is 1. The molecule has 1 aromatic heterocycles. The number of nitrogen functional groups attached to an aromatic ring is 1. The molecule has 1 heterocycles. The molecule has 5 nitrogen and oxygen atoms in total. The van der Waals surface area contributed by atoms with Crippen LogP contribution in [0.1, 0.15) is 6.92 Å². The Hall–Kier alpha value is -2.27. The van der Waals surface area contributed by atoms with E-state index in [1.165, 1.54) is 0 Å². The molecule has 0 aliphatic rings. The lowest BCUT2D eigenvalue weighted by Crippen LogP contribution is -2.18. The van der Waals surface area contributed by atoms with Gasteiger partial charge < -0.3 is 16.0 Å². The fraction of sp³-hybridized carbons (Fsp3) is 0.200. The van der Waals surface area contributed by atoms with E-state index < -0.39 is 0 Å². The second kappa shape index (κ2) is 6.95. The number of benzene rings is 1. The molecule has 0 atom stereocenters. The van der Waals surface area contributed by atoms with E-state index in [2.05, 4.69) is 15.3 Å². The molecular formula is C15H18ClN5. The first-order chi connectivity index (χ1) is 10.1. The molecule has 0 amide bonds. The van der Waals surface area contributed by atoms with Crippen molar-refractivity contribution in [2.75, 3.05) is 29.5 Å². The summed E-state index contributed by atoms with van der Waals surface area (Å²) in [4.78, 5) is 10.6. The molecular weight excluding hydrogens is 286 g/mol. The van der Waals surface area contributed by atoms with Gasteiger partial charge >= 0.3 is 0 Å². The minimum atomic E-state index is 0.504. The average Bonchev–Trinajstić information content (AvgIpc) is 2.47. The largest absolute Gasteiger partial charge is 0.397 e. The van der Waals surface area contributed by atoms with E-state index in [0.29, 0.717) is 18.2 Å². The number of allylic oxidation sites excluding steroid dienone is 1. The van der Waals surface area contributed by atoms with E-state index in [4.69, 9.17) is 17.3 Å². The molecule has 2 aromatic rings. The van der Waals surface area contributed by atoms with Crippen molar-refractivity contribution in [3.63, 3.8) is 0 Å². The molecule has 0 bridgehead atoms. The zero-order valence-electron chi connectivity index (χ0n) is 12.0. The summed E-state index contributed by atoms with van der Waals surface area (Å²) in [6.07, 6.45) is 3.63. The van der Waals surface area contributed by atoms with Crippen molar-refractivity contribution in [3.8, 4) is 0 Å². The highest BCUT2D eigenvalue weighted by Gasteiger charge is 2.05. The number of para-hydroxylation sites is 2. The van der Waals surface area contributed by atoms with Crippen LogP contribution >= 0.6 is 11.6 Å². The number of halogens is 1. The highest BCUT2D eigenvalue weighted by molar-refractivity contribution is 6.29. The molecule has 0 aliphatic carbocycles. The summed E-state index contributed by atoms with van der Waals surface area (Å²) in [6.45, 7) is 2.53. The predicted molar refractivity (Wildman–Crippen MR) is 89.0 cm³/mol. The molecule has 6 heteroatoms. The van der Waals surface area contributed by atoms with Crippen LogP contribution in [0.2, 0.25) is 0 Å². The normalized spacial score (nSPS) is 11.3. The van der Waals surface area contributed by atoms with Gasteiger partial charge in [-0.05, 0) is 25.1 Å². The van der Waals surface area contributed by atoms with Gasteiger partial charge in [-0.1, -0.05) is 29.8 Å². The van der Waals surface area contributed by atoms with Gasteiger partial charge in [0.25, 0.3) is 0 Å². The van der Waals surface area contributed by atoms with Gasteiger partial charge in [-0.25, -0.2) is 4.98 Å². The van der Waals surface area contributed by atoms with Gasteiger partial charge in [0.2, 0.25) is 5.95 Å². The molecule has 0 saturated heterocycles. The Morgan fingerprint density at radius 2 is 2.14 bits per heavy atom. The van der Waals surface area contributed by atoms with Crippen molar-refractivity contribution >= 4 is 34.7 Å². The van der Waals surface area contributed by atoms with Crippen LogP contribution in [-0.2, 0) is 0 Å². The van der Waals surface area contributed by atoms with Gasteiger partial charge in [-0.3, -0.25) is 0 Å². The summed E-state index contributed by atoms with van der Waals surface area (Å²) in [5.41, 5.74) is 7.34. The van der Waals surface area contributed by atoms with Gasteiger partial charge in [0, 0.05) is 24.8 Å². The third-order valence-corrected chi connectivity index (χ3v) is 3.04. The molecule has 21 heavy (non-hydrogen) atoms. The Kier molecular flexibility index (Phi) is 5.00. The highest BCUT2D eigenvalue weighted by atomic mass is 35.5. The Balaban J connectivity index is 2.14. The summed E-state index contributed by atoms with van der Waals surface area (Å²) in [7, 11) is 1.94. The van der Waals surface area contributed by atoms with Crippen LogP contribution in [0.4, 0.5) is 23.1 Å².